The summed E-state index contributed by atoms with van der Waals surface area (Å²) in [6.45, 7) is 5.60. The third-order valence-electron chi connectivity index (χ3n) is 3.11. The summed E-state index contributed by atoms with van der Waals surface area (Å²) < 4.78 is 0. The monoisotopic (exact) mass is 278 g/mol. The summed E-state index contributed by atoms with van der Waals surface area (Å²) in [6.07, 6.45) is -0.174. The second-order valence-electron chi connectivity index (χ2n) is 5.91. The van der Waals surface area contributed by atoms with Crippen LogP contribution < -0.4 is 11.1 Å². The zero-order valence-corrected chi connectivity index (χ0v) is 12.1. The number of hydrogen-bond donors (Lipinski definition) is 3. The van der Waals surface area contributed by atoms with Crippen LogP contribution in [0.25, 0.3) is 0 Å². The molecule has 0 aliphatic heterocycles. The molecule has 0 fully saturated rings. The summed E-state index contributed by atoms with van der Waals surface area (Å²) in [5, 5.41) is 11.7. The Labute approximate surface area is 119 Å². The molecular formula is C15H22N2O3. The molecule has 0 saturated heterocycles. The van der Waals surface area contributed by atoms with Gasteiger partial charge in [0, 0.05) is 0 Å². The van der Waals surface area contributed by atoms with Crippen LogP contribution in [0.2, 0.25) is 0 Å². The van der Waals surface area contributed by atoms with Crippen molar-refractivity contribution in [3.05, 3.63) is 35.9 Å². The van der Waals surface area contributed by atoms with Crippen molar-refractivity contribution in [1.82, 2.24) is 5.32 Å². The van der Waals surface area contributed by atoms with Gasteiger partial charge in [-0.15, -0.1) is 0 Å². The summed E-state index contributed by atoms with van der Waals surface area (Å²) in [5.41, 5.74) is 6.27. The van der Waals surface area contributed by atoms with E-state index in [1.807, 2.05) is 26.8 Å². The van der Waals surface area contributed by atoms with E-state index in [1.165, 1.54) is 0 Å². The SMILES string of the molecule is CC(C)(C)[C@@H](N)C(=O)NC(CC(=O)O)c1ccccc1. The Morgan fingerprint density at radius 1 is 1.25 bits per heavy atom. The molecule has 0 aromatic heterocycles. The fourth-order valence-corrected chi connectivity index (χ4v) is 1.77. The molecule has 0 aliphatic carbocycles. The number of carbonyl (C=O) groups excluding carboxylic acids is 1. The van der Waals surface area contributed by atoms with Gasteiger partial charge in [-0.3, -0.25) is 9.59 Å². The second-order valence-corrected chi connectivity index (χ2v) is 5.91. The van der Waals surface area contributed by atoms with E-state index in [1.54, 1.807) is 24.3 Å². The zero-order valence-electron chi connectivity index (χ0n) is 12.1. The van der Waals surface area contributed by atoms with Crippen molar-refractivity contribution in [3.8, 4) is 0 Å². The minimum atomic E-state index is -0.969. The van der Waals surface area contributed by atoms with Crippen molar-refractivity contribution in [2.24, 2.45) is 11.1 Å². The number of benzene rings is 1. The van der Waals surface area contributed by atoms with Gasteiger partial charge >= 0.3 is 5.97 Å². The number of carboxylic acid groups (broad SMARTS) is 1. The molecule has 1 unspecified atom stereocenters. The Morgan fingerprint density at radius 2 is 1.80 bits per heavy atom. The van der Waals surface area contributed by atoms with Gasteiger partial charge in [0.1, 0.15) is 0 Å². The van der Waals surface area contributed by atoms with Gasteiger partial charge in [0.25, 0.3) is 0 Å². The van der Waals surface area contributed by atoms with E-state index in [-0.39, 0.29) is 17.7 Å². The first-order valence-corrected chi connectivity index (χ1v) is 6.54. The van der Waals surface area contributed by atoms with Gasteiger partial charge in [0.15, 0.2) is 0 Å². The minimum Gasteiger partial charge on any atom is -0.481 e. The van der Waals surface area contributed by atoms with Gasteiger partial charge in [0.05, 0.1) is 18.5 Å². The fraction of sp³-hybridized carbons (Fsp3) is 0.467. The van der Waals surface area contributed by atoms with E-state index < -0.39 is 18.1 Å². The van der Waals surface area contributed by atoms with E-state index in [2.05, 4.69) is 5.32 Å². The lowest BCUT2D eigenvalue weighted by Gasteiger charge is -2.28. The third kappa shape index (κ3) is 4.66. The van der Waals surface area contributed by atoms with Gasteiger partial charge in [-0.1, -0.05) is 51.1 Å². The molecule has 1 aromatic carbocycles. The van der Waals surface area contributed by atoms with E-state index in [0.29, 0.717) is 0 Å². The number of nitrogens with one attached hydrogen (secondary N) is 1. The van der Waals surface area contributed by atoms with Crippen LogP contribution in [0.1, 0.15) is 38.8 Å². The largest absolute Gasteiger partial charge is 0.481 e. The Kier molecular flexibility index (Phi) is 5.27. The van der Waals surface area contributed by atoms with E-state index >= 15 is 0 Å². The average molecular weight is 278 g/mol. The maximum Gasteiger partial charge on any atom is 0.305 e. The van der Waals surface area contributed by atoms with Crippen molar-refractivity contribution >= 4 is 11.9 Å². The molecule has 4 N–H and O–H groups in total. The van der Waals surface area contributed by atoms with Crippen molar-refractivity contribution in [2.75, 3.05) is 0 Å². The van der Waals surface area contributed by atoms with Crippen LogP contribution in [-0.4, -0.2) is 23.0 Å². The first kappa shape index (κ1) is 16.2. The first-order valence-electron chi connectivity index (χ1n) is 6.54. The van der Waals surface area contributed by atoms with Crippen LogP contribution in [0.15, 0.2) is 30.3 Å². The second kappa shape index (κ2) is 6.52. The van der Waals surface area contributed by atoms with E-state index in [0.717, 1.165) is 5.56 Å². The molecule has 0 radical (unpaired) electrons. The quantitative estimate of drug-likeness (QED) is 0.764. The number of hydrogen-bond acceptors (Lipinski definition) is 3. The summed E-state index contributed by atoms with van der Waals surface area (Å²) in [6, 6.07) is 7.76. The molecule has 110 valence electrons. The van der Waals surface area contributed by atoms with Crippen LogP contribution >= 0.6 is 0 Å². The molecule has 0 aliphatic rings. The highest BCUT2D eigenvalue weighted by atomic mass is 16.4. The normalized spacial score (nSPS) is 14.4. The van der Waals surface area contributed by atoms with Crippen LogP contribution in [0.3, 0.4) is 0 Å². The van der Waals surface area contributed by atoms with Crippen LogP contribution in [0.5, 0.6) is 0 Å². The molecular weight excluding hydrogens is 256 g/mol. The fourth-order valence-electron chi connectivity index (χ4n) is 1.77. The van der Waals surface area contributed by atoms with Crippen molar-refractivity contribution in [3.63, 3.8) is 0 Å². The topological polar surface area (TPSA) is 92.4 Å². The number of amides is 1. The Morgan fingerprint density at radius 3 is 2.25 bits per heavy atom. The highest BCUT2D eigenvalue weighted by Gasteiger charge is 2.29. The average Bonchev–Trinajstić information content (AvgIpc) is 2.36. The summed E-state index contributed by atoms with van der Waals surface area (Å²) >= 11 is 0. The number of rotatable bonds is 5. The number of carboxylic acids is 1. The molecule has 0 bridgehead atoms. The molecule has 0 spiro atoms. The molecule has 20 heavy (non-hydrogen) atoms. The highest BCUT2D eigenvalue weighted by molar-refractivity contribution is 5.83. The Bertz CT molecular complexity index is 466. The van der Waals surface area contributed by atoms with Gasteiger partial charge in [-0.05, 0) is 11.0 Å². The summed E-state index contributed by atoms with van der Waals surface area (Å²) in [4.78, 5) is 23.1. The molecule has 1 amide bonds. The molecule has 1 aromatic rings. The van der Waals surface area contributed by atoms with Crippen molar-refractivity contribution < 1.29 is 14.7 Å². The number of nitrogens with two attached hydrogens (primary N) is 1. The summed E-state index contributed by atoms with van der Waals surface area (Å²) in [7, 11) is 0. The lowest BCUT2D eigenvalue weighted by molar-refractivity contribution is -0.137. The Hall–Kier alpha value is -1.88. The smallest absolute Gasteiger partial charge is 0.305 e. The lowest BCUT2D eigenvalue weighted by atomic mass is 9.86. The molecule has 5 nitrogen and oxygen atoms in total. The lowest BCUT2D eigenvalue weighted by Crippen LogP contribution is -2.49. The number of carbonyl (C=O) groups is 2. The van der Waals surface area contributed by atoms with Crippen LogP contribution in [0.4, 0.5) is 0 Å². The van der Waals surface area contributed by atoms with Crippen molar-refractivity contribution in [2.45, 2.75) is 39.3 Å². The molecule has 5 heteroatoms. The predicted octanol–water partition coefficient (Wildman–Crippen LogP) is 1.69. The van der Waals surface area contributed by atoms with Gasteiger partial charge < -0.3 is 16.2 Å². The van der Waals surface area contributed by atoms with Gasteiger partial charge in [-0.25, -0.2) is 0 Å². The Balaban J connectivity index is 2.86. The maximum atomic E-state index is 12.1. The standard InChI is InChI=1S/C15H22N2O3/c1-15(2,3)13(16)14(20)17-11(9-12(18)19)10-7-5-4-6-8-10/h4-8,11,13H,9,16H2,1-3H3,(H,17,20)(H,18,19)/t11?,13-/m0/s1. The first-order chi connectivity index (χ1) is 9.21. The predicted molar refractivity (Wildman–Crippen MR) is 77.0 cm³/mol. The summed E-state index contributed by atoms with van der Waals surface area (Å²) in [5.74, 6) is -1.31. The van der Waals surface area contributed by atoms with Crippen LogP contribution in [0, 0.1) is 5.41 Å². The molecule has 0 saturated carbocycles. The highest BCUT2D eigenvalue weighted by Crippen LogP contribution is 2.20. The zero-order chi connectivity index (χ0) is 15.3. The molecule has 2 atom stereocenters. The van der Waals surface area contributed by atoms with E-state index in [9.17, 15) is 9.59 Å². The molecule has 1 rings (SSSR count). The number of aliphatic carboxylic acids is 1. The third-order valence-corrected chi connectivity index (χ3v) is 3.11. The van der Waals surface area contributed by atoms with Crippen LogP contribution in [-0.2, 0) is 9.59 Å². The molecule has 0 heterocycles. The van der Waals surface area contributed by atoms with Crippen molar-refractivity contribution in [1.29, 1.82) is 0 Å². The maximum absolute atomic E-state index is 12.1. The minimum absolute atomic E-state index is 0.174. The van der Waals surface area contributed by atoms with Gasteiger partial charge in [0.2, 0.25) is 5.91 Å². The van der Waals surface area contributed by atoms with E-state index in [4.69, 9.17) is 10.8 Å². The van der Waals surface area contributed by atoms with Gasteiger partial charge in [-0.2, -0.15) is 0 Å².